The van der Waals surface area contributed by atoms with Crippen LogP contribution in [0.25, 0.3) is 0 Å². The number of carbonyl (C=O) groups excluding carboxylic acids is 3. The number of carbonyl (C=O) groups is 3. The molecule has 2 aromatic carbocycles. The molecule has 8 nitrogen and oxygen atoms in total. The molecule has 9 heteroatoms. The predicted molar refractivity (Wildman–Crippen MR) is 114 cm³/mol. The second-order valence-electron chi connectivity index (χ2n) is 7.72. The number of anilines is 1. The van der Waals surface area contributed by atoms with E-state index in [-0.39, 0.29) is 29.6 Å². The Morgan fingerprint density at radius 1 is 1.03 bits per heavy atom. The fourth-order valence-corrected chi connectivity index (χ4v) is 4.44. The molecule has 0 bridgehead atoms. The zero-order valence-electron chi connectivity index (χ0n) is 16.6. The van der Waals surface area contributed by atoms with E-state index >= 15 is 0 Å². The highest BCUT2D eigenvalue weighted by atomic mass is 35.5. The van der Waals surface area contributed by atoms with E-state index in [9.17, 15) is 24.5 Å². The minimum absolute atomic E-state index is 0.101. The Morgan fingerprint density at radius 2 is 1.65 bits per heavy atom. The third kappa shape index (κ3) is 4.03. The van der Waals surface area contributed by atoms with Gasteiger partial charge in [-0.3, -0.25) is 24.5 Å². The highest BCUT2D eigenvalue weighted by Crippen LogP contribution is 2.33. The summed E-state index contributed by atoms with van der Waals surface area (Å²) in [6.45, 7) is 0. The Hall–Kier alpha value is -3.26. The molecule has 1 atom stereocenters. The molecule has 1 unspecified atom stereocenters. The van der Waals surface area contributed by atoms with Gasteiger partial charge in [0.05, 0.1) is 17.0 Å². The van der Waals surface area contributed by atoms with Gasteiger partial charge in [0.15, 0.2) is 0 Å². The Bertz CT molecular complexity index is 1030. The fraction of sp³-hybridized carbons (Fsp3) is 0.318. The summed E-state index contributed by atoms with van der Waals surface area (Å²) in [6.07, 6.45) is 3.26. The smallest absolute Gasteiger partial charge is 0.269 e. The third-order valence-corrected chi connectivity index (χ3v) is 6.07. The number of nitrogens with zero attached hydrogens (tertiary/aromatic N) is 3. The van der Waals surface area contributed by atoms with Gasteiger partial charge >= 0.3 is 0 Å². The van der Waals surface area contributed by atoms with Gasteiger partial charge in [0.1, 0.15) is 6.04 Å². The monoisotopic (exact) mass is 441 g/mol. The van der Waals surface area contributed by atoms with Crippen LogP contribution in [0.2, 0.25) is 5.02 Å². The quantitative estimate of drug-likeness (QED) is 0.397. The predicted octanol–water partition coefficient (Wildman–Crippen LogP) is 3.97. The molecule has 1 heterocycles. The second-order valence-corrected chi connectivity index (χ2v) is 8.15. The average molecular weight is 442 g/mol. The number of halogens is 1. The summed E-state index contributed by atoms with van der Waals surface area (Å²) in [5.41, 5.74) is 0.545. The van der Waals surface area contributed by atoms with Crippen molar-refractivity contribution in [1.82, 2.24) is 4.90 Å². The van der Waals surface area contributed by atoms with E-state index in [0.717, 1.165) is 30.6 Å². The van der Waals surface area contributed by atoms with Crippen molar-refractivity contribution in [3.05, 3.63) is 69.2 Å². The molecule has 1 aliphatic carbocycles. The number of hydrogen-bond acceptors (Lipinski definition) is 5. The van der Waals surface area contributed by atoms with Crippen LogP contribution in [0.4, 0.5) is 11.4 Å². The number of non-ortho nitro benzene ring substituents is 1. The maximum Gasteiger partial charge on any atom is 0.269 e. The van der Waals surface area contributed by atoms with Gasteiger partial charge in [0, 0.05) is 28.8 Å². The van der Waals surface area contributed by atoms with Crippen LogP contribution >= 0.6 is 11.6 Å². The summed E-state index contributed by atoms with van der Waals surface area (Å²) in [5, 5.41) is 11.4. The fourth-order valence-electron chi connectivity index (χ4n) is 4.31. The molecule has 0 N–H and O–H groups in total. The van der Waals surface area contributed by atoms with Crippen molar-refractivity contribution >= 4 is 40.7 Å². The van der Waals surface area contributed by atoms with Crippen LogP contribution in [0.5, 0.6) is 0 Å². The molecular weight excluding hydrogens is 422 g/mol. The van der Waals surface area contributed by atoms with Crippen LogP contribution in [0.3, 0.4) is 0 Å². The summed E-state index contributed by atoms with van der Waals surface area (Å²) < 4.78 is 0. The van der Waals surface area contributed by atoms with Crippen LogP contribution in [-0.4, -0.2) is 39.6 Å². The lowest BCUT2D eigenvalue weighted by Gasteiger charge is -2.33. The molecular formula is C22H20ClN3O5. The van der Waals surface area contributed by atoms with Crippen LogP contribution in [0.1, 0.15) is 42.5 Å². The molecule has 2 aliphatic rings. The Morgan fingerprint density at radius 3 is 2.23 bits per heavy atom. The first-order chi connectivity index (χ1) is 14.9. The number of imide groups is 1. The van der Waals surface area contributed by atoms with Gasteiger partial charge in [-0.25, -0.2) is 4.90 Å². The normalized spacial score (nSPS) is 19.1. The number of benzene rings is 2. The molecule has 1 aliphatic heterocycles. The van der Waals surface area contributed by atoms with Crippen LogP contribution < -0.4 is 4.90 Å². The molecule has 0 spiro atoms. The van der Waals surface area contributed by atoms with E-state index in [1.807, 2.05) is 0 Å². The van der Waals surface area contributed by atoms with Gasteiger partial charge in [-0.2, -0.15) is 0 Å². The van der Waals surface area contributed by atoms with Crippen molar-refractivity contribution in [2.45, 2.75) is 44.2 Å². The standard InChI is InChI=1S/C22H20ClN3O5/c23-15-7-11-17(12-8-15)25-20(27)13-19(22(25)29)24(16-3-1-2-4-16)21(28)14-5-9-18(10-6-14)26(30)31/h5-12,16,19H,1-4,13H2. The van der Waals surface area contributed by atoms with E-state index < -0.39 is 22.8 Å². The molecule has 0 radical (unpaired) electrons. The van der Waals surface area contributed by atoms with Gasteiger partial charge in [0.2, 0.25) is 5.91 Å². The molecule has 3 amide bonds. The Balaban J connectivity index is 1.65. The number of nitro benzene ring substituents is 1. The van der Waals surface area contributed by atoms with Crippen molar-refractivity contribution < 1.29 is 19.3 Å². The lowest BCUT2D eigenvalue weighted by molar-refractivity contribution is -0.384. The summed E-state index contributed by atoms with van der Waals surface area (Å²) in [6, 6.07) is 10.6. The summed E-state index contributed by atoms with van der Waals surface area (Å²) in [7, 11) is 0. The molecule has 4 rings (SSSR count). The topological polar surface area (TPSA) is 101 Å². The van der Waals surface area contributed by atoms with E-state index in [0.29, 0.717) is 10.7 Å². The van der Waals surface area contributed by atoms with Crippen LogP contribution in [0, 0.1) is 10.1 Å². The number of amides is 3. The Labute approximate surface area is 183 Å². The van der Waals surface area contributed by atoms with Crippen molar-refractivity contribution in [2.75, 3.05) is 4.90 Å². The zero-order valence-corrected chi connectivity index (χ0v) is 17.3. The van der Waals surface area contributed by atoms with E-state index in [2.05, 4.69) is 0 Å². The van der Waals surface area contributed by atoms with Gasteiger partial charge in [-0.05, 0) is 49.2 Å². The van der Waals surface area contributed by atoms with Gasteiger partial charge in [-0.15, -0.1) is 0 Å². The minimum atomic E-state index is -0.908. The first-order valence-electron chi connectivity index (χ1n) is 10.1. The largest absolute Gasteiger partial charge is 0.323 e. The maximum atomic E-state index is 13.4. The maximum absolute atomic E-state index is 13.4. The molecule has 31 heavy (non-hydrogen) atoms. The Kier molecular flexibility index (Phi) is 5.73. The number of nitro groups is 1. The first kappa shape index (κ1) is 21.0. The van der Waals surface area contributed by atoms with Crippen LogP contribution in [0.15, 0.2) is 48.5 Å². The van der Waals surface area contributed by atoms with E-state index in [4.69, 9.17) is 11.6 Å². The molecule has 160 valence electrons. The van der Waals surface area contributed by atoms with Gasteiger partial charge in [0.25, 0.3) is 17.5 Å². The molecule has 1 saturated carbocycles. The van der Waals surface area contributed by atoms with Crippen molar-refractivity contribution in [2.24, 2.45) is 0 Å². The van der Waals surface area contributed by atoms with Crippen molar-refractivity contribution in [3.8, 4) is 0 Å². The average Bonchev–Trinajstić information content (AvgIpc) is 3.38. The lowest BCUT2D eigenvalue weighted by atomic mass is 10.1. The second kappa shape index (κ2) is 8.47. The van der Waals surface area contributed by atoms with Gasteiger partial charge in [-0.1, -0.05) is 24.4 Å². The SMILES string of the molecule is O=C1CC(N(C(=O)c2ccc([N+](=O)[O-])cc2)C2CCCC2)C(=O)N1c1ccc(Cl)cc1. The zero-order chi connectivity index (χ0) is 22.1. The highest BCUT2D eigenvalue weighted by molar-refractivity contribution is 6.31. The minimum Gasteiger partial charge on any atom is -0.323 e. The van der Waals surface area contributed by atoms with E-state index in [1.54, 1.807) is 24.3 Å². The summed E-state index contributed by atoms with van der Waals surface area (Å²) in [5.74, 6) is -1.22. The molecule has 2 fully saturated rings. The summed E-state index contributed by atoms with van der Waals surface area (Å²) >= 11 is 5.91. The molecule has 2 aromatic rings. The molecule has 1 saturated heterocycles. The van der Waals surface area contributed by atoms with Crippen LogP contribution in [-0.2, 0) is 9.59 Å². The van der Waals surface area contributed by atoms with Crippen molar-refractivity contribution in [3.63, 3.8) is 0 Å². The highest BCUT2D eigenvalue weighted by Gasteiger charge is 2.47. The molecule has 0 aromatic heterocycles. The number of rotatable bonds is 5. The first-order valence-corrected chi connectivity index (χ1v) is 10.4. The summed E-state index contributed by atoms with van der Waals surface area (Å²) in [4.78, 5) is 52.4. The lowest BCUT2D eigenvalue weighted by Crippen LogP contribution is -2.50. The van der Waals surface area contributed by atoms with E-state index in [1.165, 1.54) is 29.2 Å². The van der Waals surface area contributed by atoms with Gasteiger partial charge < -0.3 is 4.90 Å². The number of hydrogen-bond donors (Lipinski definition) is 0. The third-order valence-electron chi connectivity index (χ3n) is 5.82. The van der Waals surface area contributed by atoms with Crippen molar-refractivity contribution in [1.29, 1.82) is 0 Å².